The van der Waals surface area contributed by atoms with E-state index >= 15 is 0 Å². The molecule has 0 aliphatic carbocycles. The van der Waals surface area contributed by atoms with Crippen LogP contribution in [0.25, 0.3) is 0 Å². The average Bonchev–Trinajstić information content (AvgIpc) is 2.12. The lowest BCUT2D eigenvalue weighted by Gasteiger charge is -2.10. The van der Waals surface area contributed by atoms with Crippen molar-refractivity contribution < 1.29 is 10.2 Å². The normalized spacial score (nSPS) is 15.4. The topological polar surface area (TPSA) is 40.5 Å². The molecule has 0 fully saturated rings. The molecule has 0 aromatic carbocycles. The predicted octanol–water partition coefficient (Wildman–Crippen LogP) is 2.87. The quantitative estimate of drug-likeness (QED) is 0.564. The second-order valence-electron chi connectivity index (χ2n) is 4.28. The van der Waals surface area contributed by atoms with Crippen LogP contribution in [0.3, 0.4) is 0 Å². The minimum absolute atomic E-state index is 0.148. The second-order valence-corrected chi connectivity index (χ2v) is 4.28. The number of rotatable bonds is 9. The summed E-state index contributed by atoms with van der Waals surface area (Å²) in [5, 5.41) is 18.6. The molecule has 14 heavy (non-hydrogen) atoms. The van der Waals surface area contributed by atoms with Crippen molar-refractivity contribution in [3.05, 3.63) is 0 Å². The van der Waals surface area contributed by atoms with Gasteiger partial charge in [0.15, 0.2) is 0 Å². The molecule has 0 rings (SSSR count). The zero-order valence-electron chi connectivity index (χ0n) is 9.71. The number of aliphatic hydroxyl groups excluding tert-OH is 2. The Labute approximate surface area is 88.3 Å². The maximum absolute atomic E-state index is 9.58. The molecule has 0 saturated heterocycles. The molecule has 2 unspecified atom stereocenters. The highest BCUT2D eigenvalue weighted by atomic mass is 16.3. The zero-order chi connectivity index (χ0) is 10.8. The lowest BCUT2D eigenvalue weighted by atomic mass is 10.0. The predicted molar refractivity (Wildman–Crippen MR) is 60.3 cm³/mol. The molecular formula is C12H26O2. The highest BCUT2D eigenvalue weighted by Gasteiger charge is 2.04. The van der Waals surface area contributed by atoms with Gasteiger partial charge in [0.2, 0.25) is 0 Å². The van der Waals surface area contributed by atoms with E-state index in [1.54, 1.807) is 6.92 Å². The maximum atomic E-state index is 9.58. The second kappa shape index (κ2) is 9.47. The van der Waals surface area contributed by atoms with Gasteiger partial charge in [-0.2, -0.15) is 0 Å². The fourth-order valence-electron chi connectivity index (χ4n) is 1.60. The van der Waals surface area contributed by atoms with Crippen LogP contribution in [0.1, 0.15) is 65.2 Å². The van der Waals surface area contributed by atoms with Crippen LogP contribution in [0.4, 0.5) is 0 Å². The fraction of sp³-hybridized carbons (Fsp3) is 1.00. The van der Waals surface area contributed by atoms with Gasteiger partial charge in [0.25, 0.3) is 0 Å². The minimum atomic E-state index is -0.220. The molecular weight excluding hydrogens is 176 g/mol. The molecule has 2 nitrogen and oxygen atoms in total. The largest absolute Gasteiger partial charge is 0.393 e. The molecule has 0 bridgehead atoms. The molecule has 0 aromatic rings. The first-order chi connectivity index (χ1) is 6.66. The van der Waals surface area contributed by atoms with Crippen LogP contribution in [0.2, 0.25) is 0 Å². The van der Waals surface area contributed by atoms with E-state index in [1.807, 2.05) is 0 Å². The molecule has 0 saturated carbocycles. The van der Waals surface area contributed by atoms with Crippen molar-refractivity contribution in [2.24, 2.45) is 0 Å². The summed E-state index contributed by atoms with van der Waals surface area (Å²) in [6, 6.07) is 0. The van der Waals surface area contributed by atoms with Gasteiger partial charge in [-0.3, -0.25) is 0 Å². The standard InChI is InChI=1S/C12H26O2/c1-3-4-5-6-9-12(14)10-7-8-11(2)13/h11-14H,3-10H2,1-2H3. The van der Waals surface area contributed by atoms with Crippen molar-refractivity contribution in [1.29, 1.82) is 0 Å². The Morgan fingerprint density at radius 2 is 1.50 bits per heavy atom. The van der Waals surface area contributed by atoms with Gasteiger partial charge in [-0.1, -0.05) is 32.6 Å². The van der Waals surface area contributed by atoms with Gasteiger partial charge in [-0.15, -0.1) is 0 Å². The maximum Gasteiger partial charge on any atom is 0.0540 e. The Hall–Kier alpha value is -0.0800. The van der Waals surface area contributed by atoms with Gasteiger partial charge in [0, 0.05) is 0 Å². The van der Waals surface area contributed by atoms with Gasteiger partial charge in [0.1, 0.15) is 0 Å². The van der Waals surface area contributed by atoms with E-state index in [-0.39, 0.29) is 12.2 Å². The molecule has 86 valence electrons. The van der Waals surface area contributed by atoms with E-state index in [1.165, 1.54) is 19.3 Å². The third-order valence-electron chi connectivity index (χ3n) is 2.55. The third-order valence-corrected chi connectivity index (χ3v) is 2.55. The van der Waals surface area contributed by atoms with Crippen molar-refractivity contribution in [2.75, 3.05) is 0 Å². The SMILES string of the molecule is CCCCCCC(O)CCCC(C)O. The summed E-state index contributed by atoms with van der Waals surface area (Å²) in [6.45, 7) is 3.99. The molecule has 0 amide bonds. The molecule has 0 spiro atoms. The van der Waals surface area contributed by atoms with Crippen LogP contribution in [0.5, 0.6) is 0 Å². The molecule has 0 radical (unpaired) electrons. The van der Waals surface area contributed by atoms with Gasteiger partial charge in [-0.05, 0) is 32.6 Å². The van der Waals surface area contributed by atoms with Crippen LogP contribution in [-0.4, -0.2) is 22.4 Å². The molecule has 0 aromatic heterocycles. The first-order valence-corrected chi connectivity index (χ1v) is 6.03. The molecule has 2 atom stereocenters. The van der Waals surface area contributed by atoms with E-state index < -0.39 is 0 Å². The smallest absolute Gasteiger partial charge is 0.0540 e. The van der Waals surface area contributed by atoms with Crippen molar-refractivity contribution in [2.45, 2.75) is 77.4 Å². The monoisotopic (exact) mass is 202 g/mol. The zero-order valence-corrected chi connectivity index (χ0v) is 9.71. The van der Waals surface area contributed by atoms with Crippen LogP contribution in [0, 0.1) is 0 Å². The van der Waals surface area contributed by atoms with Crippen LogP contribution < -0.4 is 0 Å². The number of unbranched alkanes of at least 4 members (excludes halogenated alkanes) is 3. The molecule has 0 heterocycles. The van der Waals surface area contributed by atoms with E-state index in [9.17, 15) is 5.11 Å². The van der Waals surface area contributed by atoms with Crippen molar-refractivity contribution in [3.63, 3.8) is 0 Å². The van der Waals surface area contributed by atoms with E-state index in [0.717, 1.165) is 32.1 Å². The number of hydrogen-bond donors (Lipinski definition) is 2. The third kappa shape index (κ3) is 10.0. The number of hydrogen-bond acceptors (Lipinski definition) is 2. The van der Waals surface area contributed by atoms with E-state index in [0.29, 0.717) is 0 Å². The minimum Gasteiger partial charge on any atom is -0.393 e. The summed E-state index contributed by atoms with van der Waals surface area (Å²) in [7, 11) is 0. The Kier molecular flexibility index (Phi) is 9.42. The van der Waals surface area contributed by atoms with Crippen molar-refractivity contribution >= 4 is 0 Å². The van der Waals surface area contributed by atoms with E-state index in [2.05, 4.69) is 6.92 Å². The first kappa shape index (κ1) is 13.9. The summed E-state index contributed by atoms with van der Waals surface area (Å²) in [5.74, 6) is 0. The Bertz CT molecular complexity index is 113. The van der Waals surface area contributed by atoms with Crippen LogP contribution in [0.15, 0.2) is 0 Å². The van der Waals surface area contributed by atoms with Gasteiger partial charge in [-0.25, -0.2) is 0 Å². The Morgan fingerprint density at radius 1 is 0.857 bits per heavy atom. The lowest BCUT2D eigenvalue weighted by molar-refractivity contribution is 0.133. The van der Waals surface area contributed by atoms with Gasteiger partial charge in [0.05, 0.1) is 12.2 Å². The highest BCUT2D eigenvalue weighted by Crippen LogP contribution is 2.11. The number of aliphatic hydroxyl groups is 2. The van der Waals surface area contributed by atoms with Crippen LogP contribution in [-0.2, 0) is 0 Å². The molecule has 2 N–H and O–H groups in total. The van der Waals surface area contributed by atoms with Crippen molar-refractivity contribution in [1.82, 2.24) is 0 Å². The Morgan fingerprint density at radius 3 is 2.07 bits per heavy atom. The first-order valence-electron chi connectivity index (χ1n) is 6.03. The molecule has 0 aliphatic rings. The summed E-state index contributed by atoms with van der Waals surface area (Å²) in [4.78, 5) is 0. The van der Waals surface area contributed by atoms with Crippen LogP contribution >= 0.6 is 0 Å². The molecule has 2 heteroatoms. The summed E-state index contributed by atoms with van der Waals surface area (Å²) >= 11 is 0. The molecule has 0 aliphatic heterocycles. The van der Waals surface area contributed by atoms with Gasteiger partial charge < -0.3 is 10.2 Å². The van der Waals surface area contributed by atoms with E-state index in [4.69, 9.17) is 5.11 Å². The van der Waals surface area contributed by atoms with Crippen molar-refractivity contribution in [3.8, 4) is 0 Å². The highest BCUT2D eigenvalue weighted by molar-refractivity contribution is 4.58. The summed E-state index contributed by atoms with van der Waals surface area (Å²) in [5.41, 5.74) is 0. The fourth-order valence-corrected chi connectivity index (χ4v) is 1.60. The average molecular weight is 202 g/mol. The lowest BCUT2D eigenvalue weighted by Crippen LogP contribution is -2.08. The Balaban J connectivity index is 3.15. The summed E-state index contributed by atoms with van der Waals surface area (Å²) in [6.07, 6.45) is 8.06. The summed E-state index contributed by atoms with van der Waals surface area (Å²) < 4.78 is 0. The van der Waals surface area contributed by atoms with Gasteiger partial charge >= 0.3 is 0 Å².